The molecule has 0 atom stereocenters. The van der Waals surface area contributed by atoms with Crippen LogP contribution >= 0.6 is 27.5 Å². The highest BCUT2D eigenvalue weighted by atomic mass is 79.9. The maximum Gasteiger partial charge on any atom is 0.332 e. The zero-order valence-electron chi connectivity index (χ0n) is 14.7. The fourth-order valence-corrected chi connectivity index (χ4v) is 3.45. The average molecular weight is 470 g/mol. The van der Waals surface area contributed by atoms with Crippen LogP contribution in [0.15, 0.2) is 50.5 Å². The summed E-state index contributed by atoms with van der Waals surface area (Å²) in [5, 5.41) is 0.204. The van der Waals surface area contributed by atoms with Crippen LogP contribution in [-0.4, -0.2) is 21.7 Å². The molecule has 2 aromatic carbocycles. The van der Waals surface area contributed by atoms with Gasteiger partial charge in [0.25, 0.3) is 5.56 Å². The van der Waals surface area contributed by atoms with Crippen LogP contribution in [0.2, 0.25) is 5.02 Å². The predicted octanol–water partition coefficient (Wildman–Crippen LogP) is 3.33. The topological polar surface area (TPSA) is 70.3 Å². The van der Waals surface area contributed by atoms with Crippen molar-refractivity contribution in [1.29, 1.82) is 0 Å². The molecule has 0 unspecified atom stereocenters. The van der Waals surface area contributed by atoms with Gasteiger partial charge in [0.05, 0.1) is 29.1 Å². The van der Waals surface area contributed by atoms with Crippen molar-refractivity contribution < 1.29 is 13.9 Å². The minimum absolute atomic E-state index is 0.0746. The van der Waals surface area contributed by atoms with Gasteiger partial charge in [-0.2, -0.15) is 0 Å². The van der Waals surface area contributed by atoms with E-state index in [1.54, 1.807) is 19.1 Å². The molecule has 6 nitrogen and oxygen atoms in total. The molecule has 1 aromatic heterocycles. The van der Waals surface area contributed by atoms with Crippen LogP contribution in [0, 0.1) is 5.82 Å². The van der Waals surface area contributed by atoms with Crippen LogP contribution < -0.4 is 11.2 Å². The third-order valence-corrected chi connectivity index (χ3v) is 4.95. The van der Waals surface area contributed by atoms with Crippen molar-refractivity contribution in [3.63, 3.8) is 0 Å². The quantitative estimate of drug-likeness (QED) is 0.538. The van der Waals surface area contributed by atoms with Gasteiger partial charge < -0.3 is 4.74 Å². The molecule has 28 heavy (non-hydrogen) atoms. The molecule has 0 aliphatic carbocycles. The highest BCUT2D eigenvalue weighted by Crippen LogP contribution is 2.20. The zero-order valence-corrected chi connectivity index (χ0v) is 17.1. The van der Waals surface area contributed by atoms with Gasteiger partial charge in [-0.05, 0) is 31.2 Å². The summed E-state index contributed by atoms with van der Waals surface area (Å²) in [6.45, 7) is 1.09. The largest absolute Gasteiger partial charge is 0.465 e. The number of benzene rings is 2. The van der Waals surface area contributed by atoms with Crippen molar-refractivity contribution in [3.05, 3.63) is 78.1 Å². The Hall–Kier alpha value is -2.45. The Morgan fingerprint density at radius 2 is 1.96 bits per heavy atom. The number of carbonyl (C=O) groups excluding carboxylic acids is 1. The molecule has 0 spiro atoms. The molecule has 0 amide bonds. The number of carbonyl (C=O) groups is 1. The number of hydrogen-bond acceptors (Lipinski definition) is 4. The molecule has 0 aliphatic rings. The first-order valence-electron chi connectivity index (χ1n) is 8.35. The molecule has 0 radical (unpaired) electrons. The molecule has 3 aromatic rings. The number of nitrogens with zero attached hydrogens (tertiary/aromatic N) is 2. The molecule has 0 saturated carbocycles. The van der Waals surface area contributed by atoms with Gasteiger partial charge in [-0.15, -0.1) is 0 Å². The number of rotatable bonds is 5. The molecule has 0 saturated heterocycles. The monoisotopic (exact) mass is 468 g/mol. The minimum Gasteiger partial charge on any atom is -0.465 e. The van der Waals surface area contributed by atoms with Gasteiger partial charge >= 0.3 is 11.7 Å². The van der Waals surface area contributed by atoms with Crippen molar-refractivity contribution in [3.8, 4) is 0 Å². The van der Waals surface area contributed by atoms with Crippen LogP contribution in [0.5, 0.6) is 0 Å². The van der Waals surface area contributed by atoms with Gasteiger partial charge in [0, 0.05) is 10.0 Å². The van der Waals surface area contributed by atoms with Crippen molar-refractivity contribution in [1.82, 2.24) is 9.13 Å². The van der Waals surface area contributed by atoms with E-state index in [0.717, 1.165) is 9.13 Å². The number of ether oxygens (including phenoxy) is 1. The second-order valence-electron chi connectivity index (χ2n) is 5.93. The summed E-state index contributed by atoms with van der Waals surface area (Å²) in [6.07, 6.45) is 0. The molecule has 0 aliphatic heterocycles. The highest BCUT2D eigenvalue weighted by molar-refractivity contribution is 9.10. The smallest absolute Gasteiger partial charge is 0.332 e. The predicted molar refractivity (Wildman–Crippen MR) is 107 cm³/mol. The standard InChI is InChI=1S/C19H15BrClFN2O4/c1-2-28-16(25)10-23-15-5-3-4-13(21)17(15)18(26)24(19(23)27)9-11-6-7-12(20)8-14(11)22/h3-8H,2,9-10H2,1H3. The highest BCUT2D eigenvalue weighted by Gasteiger charge is 2.18. The average Bonchev–Trinajstić information content (AvgIpc) is 2.64. The second-order valence-corrected chi connectivity index (χ2v) is 7.26. The van der Waals surface area contributed by atoms with Crippen molar-refractivity contribution in [2.24, 2.45) is 0 Å². The molecule has 0 N–H and O–H groups in total. The van der Waals surface area contributed by atoms with E-state index in [1.165, 1.54) is 24.3 Å². The van der Waals surface area contributed by atoms with E-state index in [0.29, 0.717) is 4.47 Å². The Bertz CT molecular complexity index is 1190. The van der Waals surface area contributed by atoms with E-state index in [4.69, 9.17) is 16.3 Å². The van der Waals surface area contributed by atoms with Gasteiger partial charge in [0.1, 0.15) is 12.4 Å². The number of fused-ring (bicyclic) bond motifs is 1. The van der Waals surface area contributed by atoms with Gasteiger partial charge in [-0.1, -0.05) is 39.7 Å². The molecule has 146 valence electrons. The Kier molecular flexibility index (Phi) is 6.00. The van der Waals surface area contributed by atoms with Crippen molar-refractivity contribution in [2.75, 3.05) is 6.61 Å². The first-order valence-corrected chi connectivity index (χ1v) is 9.52. The minimum atomic E-state index is -0.755. The Balaban J connectivity index is 2.25. The normalized spacial score (nSPS) is 11.0. The lowest BCUT2D eigenvalue weighted by atomic mass is 10.2. The van der Waals surface area contributed by atoms with E-state index < -0.39 is 29.6 Å². The zero-order chi connectivity index (χ0) is 20.4. The van der Waals surface area contributed by atoms with E-state index in [1.807, 2.05) is 0 Å². The van der Waals surface area contributed by atoms with Crippen LogP contribution in [0.25, 0.3) is 10.9 Å². The molecule has 0 fully saturated rings. The summed E-state index contributed by atoms with van der Waals surface area (Å²) in [5.41, 5.74) is -1.05. The maximum absolute atomic E-state index is 14.2. The Morgan fingerprint density at radius 1 is 1.21 bits per heavy atom. The van der Waals surface area contributed by atoms with E-state index in [9.17, 15) is 18.8 Å². The third-order valence-electron chi connectivity index (χ3n) is 4.14. The molecule has 9 heteroatoms. The van der Waals surface area contributed by atoms with E-state index in [-0.39, 0.29) is 34.6 Å². The lowest BCUT2D eigenvalue weighted by molar-refractivity contribution is -0.143. The van der Waals surface area contributed by atoms with Gasteiger partial charge in [0.2, 0.25) is 0 Å². The third kappa shape index (κ3) is 3.88. The maximum atomic E-state index is 14.2. The summed E-state index contributed by atoms with van der Waals surface area (Å²) < 4.78 is 21.7. The summed E-state index contributed by atoms with van der Waals surface area (Å²) in [6, 6.07) is 8.92. The Morgan fingerprint density at radius 3 is 2.64 bits per heavy atom. The number of halogens is 3. The van der Waals surface area contributed by atoms with E-state index >= 15 is 0 Å². The van der Waals surface area contributed by atoms with Crippen molar-refractivity contribution >= 4 is 44.4 Å². The van der Waals surface area contributed by atoms with Crippen LogP contribution in [0.3, 0.4) is 0 Å². The summed E-state index contributed by atoms with van der Waals surface area (Å²) in [4.78, 5) is 37.9. The molecule has 1 heterocycles. The summed E-state index contributed by atoms with van der Waals surface area (Å²) >= 11 is 9.35. The second kappa shape index (κ2) is 8.28. The van der Waals surface area contributed by atoms with Crippen LogP contribution in [0.4, 0.5) is 4.39 Å². The van der Waals surface area contributed by atoms with E-state index in [2.05, 4.69) is 15.9 Å². The van der Waals surface area contributed by atoms with Gasteiger partial charge in [0.15, 0.2) is 0 Å². The number of aromatic nitrogens is 2. The Labute approximate surface area is 172 Å². The molecular weight excluding hydrogens is 455 g/mol. The lowest BCUT2D eigenvalue weighted by Crippen LogP contribution is -2.41. The van der Waals surface area contributed by atoms with Crippen LogP contribution in [-0.2, 0) is 22.6 Å². The first-order chi connectivity index (χ1) is 13.3. The fourth-order valence-electron chi connectivity index (χ4n) is 2.87. The lowest BCUT2D eigenvalue weighted by Gasteiger charge is -2.14. The molecule has 0 bridgehead atoms. The van der Waals surface area contributed by atoms with Crippen LogP contribution in [0.1, 0.15) is 12.5 Å². The first kappa shape index (κ1) is 20.3. The summed E-state index contributed by atoms with van der Waals surface area (Å²) in [5.74, 6) is -1.21. The summed E-state index contributed by atoms with van der Waals surface area (Å²) in [7, 11) is 0. The number of hydrogen-bond donors (Lipinski definition) is 0. The van der Waals surface area contributed by atoms with Gasteiger partial charge in [-0.3, -0.25) is 18.7 Å². The molecule has 3 rings (SSSR count). The van der Waals surface area contributed by atoms with Gasteiger partial charge in [-0.25, -0.2) is 9.18 Å². The SMILES string of the molecule is CCOC(=O)Cn1c(=O)n(Cc2ccc(Br)cc2F)c(=O)c2c(Cl)cccc21. The number of esters is 1. The molecular formula is C19H15BrClFN2O4. The fraction of sp³-hybridized carbons (Fsp3) is 0.211. The van der Waals surface area contributed by atoms with Crippen molar-refractivity contribution in [2.45, 2.75) is 20.0 Å².